The van der Waals surface area contributed by atoms with Crippen LogP contribution in [0, 0.1) is 13.8 Å². The minimum atomic E-state index is -0.252. The lowest BCUT2D eigenvalue weighted by atomic mass is 10.0. The molecule has 1 aliphatic heterocycles. The molecule has 0 aliphatic carbocycles. The Morgan fingerprint density at radius 3 is 2.48 bits per heavy atom. The van der Waals surface area contributed by atoms with E-state index < -0.39 is 0 Å². The number of carbonyl (C=O) groups excluding carboxylic acids is 2. The van der Waals surface area contributed by atoms with Crippen molar-refractivity contribution in [2.45, 2.75) is 33.9 Å². The fourth-order valence-corrected chi connectivity index (χ4v) is 3.37. The smallest absolute Gasteiger partial charge is 0.319 e. The van der Waals surface area contributed by atoms with Crippen molar-refractivity contribution in [3.05, 3.63) is 58.9 Å². The molecule has 0 saturated carbocycles. The quantitative estimate of drug-likeness (QED) is 0.816. The molecule has 3 amide bonds. The fraction of sp³-hybridized carbons (Fsp3) is 0.409. The number of nitrogens with zero attached hydrogens (tertiary/aromatic N) is 3. The van der Waals surface area contributed by atoms with Crippen molar-refractivity contribution in [3.8, 4) is 0 Å². The zero-order chi connectivity index (χ0) is 20.8. The van der Waals surface area contributed by atoms with Crippen LogP contribution in [-0.4, -0.2) is 52.9 Å². The van der Waals surface area contributed by atoms with Gasteiger partial charge < -0.3 is 15.5 Å². The van der Waals surface area contributed by atoms with Gasteiger partial charge in [0.2, 0.25) is 5.91 Å². The number of anilines is 1. The van der Waals surface area contributed by atoms with Gasteiger partial charge in [-0.05, 0) is 42.7 Å². The van der Waals surface area contributed by atoms with Crippen molar-refractivity contribution in [2.24, 2.45) is 0 Å². The van der Waals surface area contributed by atoms with Gasteiger partial charge in [0, 0.05) is 51.9 Å². The standard InChI is InChI=1S/C22H29N5O2/c1-16-4-6-19(13-24-22(29)25-21-7-5-17(2)23-14-21)12-20(16)15-26-8-10-27(11-9-26)18(3)28/h4-7,12,14H,8-11,13,15H2,1-3H3,(H2,24,25,29). The molecule has 0 bridgehead atoms. The molecule has 29 heavy (non-hydrogen) atoms. The molecular formula is C22H29N5O2. The third kappa shape index (κ3) is 6.02. The Balaban J connectivity index is 1.52. The summed E-state index contributed by atoms with van der Waals surface area (Å²) in [5.74, 6) is 0.147. The van der Waals surface area contributed by atoms with Gasteiger partial charge in [-0.2, -0.15) is 0 Å². The highest BCUT2D eigenvalue weighted by Gasteiger charge is 2.19. The highest BCUT2D eigenvalue weighted by molar-refractivity contribution is 5.88. The fourth-order valence-electron chi connectivity index (χ4n) is 3.37. The number of rotatable bonds is 5. The van der Waals surface area contributed by atoms with Gasteiger partial charge >= 0.3 is 6.03 Å². The number of piperazine rings is 1. The largest absolute Gasteiger partial charge is 0.340 e. The Bertz CT molecular complexity index is 858. The van der Waals surface area contributed by atoms with Gasteiger partial charge in [0.05, 0.1) is 11.9 Å². The molecule has 0 unspecified atom stereocenters. The summed E-state index contributed by atoms with van der Waals surface area (Å²) >= 11 is 0. The van der Waals surface area contributed by atoms with Crippen LogP contribution >= 0.6 is 0 Å². The Kier molecular flexibility index (Phi) is 6.82. The number of benzene rings is 1. The Labute approximate surface area is 172 Å². The number of amides is 3. The molecule has 1 aromatic heterocycles. The van der Waals surface area contributed by atoms with Crippen molar-refractivity contribution in [1.82, 2.24) is 20.1 Å². The summed E-state index contributed by atoms with van der Waals surface area (Å²) in [5.41, 5.74) is 5.13. The molecule has 7 nitrogen and oxygen atoms in total. The number of hydrogen-bond donors (Lipinski definition) is 2. The van der Waals surface area contributed by atoms with Crippen LogP contribution in [-0.2, 0) is 17.9 Å². The number of carbonyl (C=O) groups is 2. The third-order valence-corrected chi connectivity index (χ3v) is 5.25. The maximum Gasteiger partial charge on any atom is 0.319 e. The van der Waals surface area contributed by atoms with Crippen molar-refractivity contribution < 1.29 is 9.59 Å². The highest BCUT2D eigenvalue weighted by atomic mass is 16.2. The van der Waals surface area contributed by atoms with E-state index in [0.29, 0.717) is 12.2 Å². The summed E-state index contributed by atoms with van der Waals surface area (Å²) in [6.07, 6.45) is 1.64. The highest BCUT2D eigenvalue weighted by Crippen LogP contribution is 2.15. The lowest BCUT2D eigenvalue weighted by Gasteiger charge is -2.34. The normalized spacial score (nSPS) is 14.5. The second-order valence-corrected chi connectivity index (χ2v) is 7.54. The first-order valence-corrected chi connectivity index (χ1v) is 9.94. The monoisotopic (exact) mass is 395 g/mol. The average Bonchev–Trinajstić information content (AvgIpc) is 2.71. The first kappa shape index (κ1) is 20.8. The molecule has 0 radical (unpaired) electrons. The molecule has 0 atom stereocenters. The first-order valence-electron chi connectivity index (χ1n) is 9.94. The molecule has 1 saturated heterocycles. The Hall–Kier alpha value is -2.93. The van der Waals surface area contributed by atoms with Crippen molar-refractivity contribution >= 4 is 17.6 Å². The van der Waals surface area contributed by atoms with E-state index in [-0.39, 0.29) is 11.9 Å². The number of hydrogen-bond acceptors (Lipinski definition) is 4. The van der Waals surface area contributed by atoms with Gasteiger partial charge in [-0.1, -0.05) is 18.2 Å². The molecule has 3 rings (SSSR count). The molecule has 1 fully saturated rings. The van der Waals surface area contributed by atoms with Gasteiger partial charge in [0.15, 0.2) is 0 Å². The molecule has 154 valence electrons. The average molecular weight is 396 g/mol. The molecule has 2 aromatic rings. The van der Waals surface area contributed by atoms with E-state index in [2.05, 4.69) is 39.6 Å². The van der Waals surface area contributed by atoms with Gasteiger partial charge in [-0.15, -0.1) is 0 Å². The molecule has 0 spiro atoms. The van der Waals surface area contributed by atoms with E-state index in [1.165, 1.54) is 11.1 Å². The lowest BCUT2D eigenvalue weighted by Crippen LogP contribution is -2.47. The minimum absolute atomic E-state index is 0.147. The Morgan fingerprint density at radius 1 is 1.07 bits per heavy atom. The molecule has 1 aliphatic rings. The number of pyridine rings is 1. The van der Waals surface area contributed by atoms with Gasteiger partial charge in [-0.3, -0.25) is 14.7 Å². The molecular weight excluding hydrogens is 366 g/mol. The summed E-state index contributed by atoms with van der Waals surface area (Å²) in [6, 6.07) is 9.73. The number of nitrogens with one attached hydrogen (secondary N) is 2. The summed E-state index contributed by atoms with van der Waals surface area (Å²) in [7, 11) is 0. The van der Waals surface area contributed by atoms with E-state index >= 15 is 0 Å². The van der Waals surface area contributed by atoms with Crippen molar-refractivity contribution in [3.63, 3.8) is 0 Å². The second-order valence-electron chi connectivity index (χ2n) is 7.54. The summed E-state index contributed by atoms with van der Waals surface area (Å²) < 4.78 is 0. The van der Waals surface area contributed by atoms with Crippen molar-refractivity contribution in [2.75, 3.05) is 31.5 Å². The number of aryl methyl sites for hydroxylation is 2. The van der Waals surface area contributed by atoms with Crippen LogP contribution in [0.5, 0.6) is 0 Å². The molecule has 2 N–H and O–H groups in total. The van der Waals surface area contributed by atoms with E-state index in [0.717, 1.165) is 44.0 Å². The molecule has 7 heteroatoms. The van der Waals surface area contributed by atoms with E-state index in [9.17, 15) is 9.59 Å². The van der Waals surface area contributed by atoms with Crippen LogP contribution in [0.1, 0.15) is 29.3 Å². The first-order chi connectivity index (χ1) is 13.9. The van der Waals surface area contributed by atoms with Crippen LogP contribution in [0.15, 0.2) is 36.5 Å². The molecule has 2 heterocycles. The summed E-state index contributed by atoms with van der Waals surface area (Å²) in [5, 5.41) is 5.69. The maximum absolute atomic E-state index is 12.1. The predicted octanol–water partition coefficient (Wildman–Crippen LogP) is 2.68. The predicted molar refractivity (Wildman–Crippen MR) is 114 cm³/mol. The minimum Gasteiger partial charge on any atom is -0.340 e. The second kappa shape index (κ2) is 9.52. The third-order valence-electron chi connectivity index (χ3n) is 5.25. The Morgan fingerprint density at radius 2 is 1.83 bits per heavy atom. The summed E-state index contributed by atoms with van der Waals surface area (Å²) in [6.45, 7) is 10.3. The summed E-state index contributed by atoms with van der Waals surface area (Å²) in [4.78, 5) is 32.1. The van der Waals surface area contributed by atoms with Crippen LogP contribution in [0.4, 0.5) is 10.5 Å². The van der Waals surface area contributed by atoms with Gasteiger partial charge in [0.25, 0.3) is 0 Å². The van der Waals surface area contributed by atoms with E-state index in [1.54, 1.807) is 13.1 Å². The maximum atomic E-state index is 12.1. The zero-order valence-electron chi connectivity index (χ0n) is 17.4. The van der Waals surface area contributed by atoms with Crippen LogP contribution in [0.3, 0.4) is 0 Å². The van der Waals surface area contributed by atoms with Crippen LogP contribution < -0.4 is 10.6 Å². The lowest BCUT2D eigenvalue weighted by molar-refractivity contribution is -0.130. The van der Waals surface area contributed by atoms with E-state index in [1.807, 2.05) is 30.0 Å². The van der Waals surface area contributed by atoms with Crippen molar-refractivity contribution in [1.29, 1.82) is 0 Å². The van der Waals surface area contributed by atoms with E-state index in [4.69, 9.17) is 0 Å². The van der Waals surface area contributed by atoms with Crippen LogP contribution in [0.25, 0.3) is 0 Å². The van der Waals surface area contributed by atoms with Crippen LogP contribution in [0.2, 0.25) is 0 Å². The SMILES string of the molecule is CC(=O)N1CCN(Cc2cc(CNC(=O)Nc3ccc(C)nc3)ccc2C)CC1. The number of urea groups is 1. The van der Waals surface area contributed by atoms with Gasteiger partial charge in [0.1, 0.15) is 0 Å². The number of aromatic nitrogens is 1. The zero-order valence-corrected chi connectivity index (χ0v) is 17.4. The topological polar surface area (TPSA) is 77.6 Å². The van der Waals surface area contributed by atoms with Gasteiger partial charge in [-0.25, -0.2) is 4.79 Å². The molecule has 1 aromatic carbocycles.